The first kappa shape index (κ1) is 33.1. The van der Waals surface area contributed by atoms with Gasteiger partial charge in [-0.25, -0.2) is 9.97 Å². The number of aromatic nitrogens is 3. The molecule has 2 aromatic carbocycles. The Hall–Kier alpha value is -3.23. The molecular weight excluding hydrogens is 654 g/mol. The maximum atomic E-state index is 12.6. The van der Waals surface area contributed by atoms with Crippen molar-refractivity contribution in [2.75, 3.05) is 50.0 Å². The number of hydrogen-bond acceptors (Lipinski definition) is 9. The molecule has 0 bridgehead atoms. The van der Waals surface area contributed by atoms with Crippen LogP contribution in [0.4, 0.5) is 36.2 Å². The second-order valence-corrected chi connectivity index (χ2v) is 11.2. The molecule has 2 aliphatic heterocycles. The van der Waals surface area contributed by atoms with Gasteiger partial charge >= 0.3 is 6.18 Å². The molecule has 238 valence electrons. The SMILES string of the molecule is Clc1ncc(Cl)c(Nc2ccc([C@H]3CNCCO3)cc2)n1.FC(F)(F)c1cnc(Nc2ccc([C@@H]3CNCCO3)cc2)c(Cl)c1. The van der Waals surface area contributed by atoms with Gasteiger partial charge < -0.3 is 30.7 Å². The molecule has 4 aromatic rings. The fourth-order valence-electron chi connectivity index (χ4n) is 4.51. The quantitative estimate of drug-likeness (QED) is 0.156. The van der Waals surface area contributed by atoms with E-state index in [1.54, 1.807) is 0 Å². The van der Waals surface area contributed by atoms with Gasteiger partial charge in [-0.15, -0.1) is 0 Å². The number of morpholine rings is 2. The van der Waals surface area contributed by atoms with E-state index in [4.69, 9.17) is 44.3 Å². The van der Waals surface area contributed by atoms with Crippen LogP contribution in [0, 0.1) is 0 Å². The van der Waals surface area contributed by atoms with Crippen LogP contribution in [-0.4, -0.2) is 54.3 Å². The van der Waals surface area contributed by atoms with E-state index in [-0.39, 0.29) is 28.3 Å². The summed E-state index contributed by atoms with van der Waals surface area (Å²) in [6, 6.07) is 16.2. The summed E-state index contributed by atoms with van der Waals surface area (Å²) in [5.41, 5.74) is 2.84. The Morgan fingerprint density at radius 2 is 1.24 bits per heavy atom. The number of halogens is 6. The number of rotatable bonds is 6. The van der Waals surface area contributed by atoms with Crippen molar-refractivity contribution in [3.05, 3.63) is 99.0 Å². The van der Waals surface area contributed by atoms with Gasteiger partial charge in [-0.3, -0.25) is 0 Å². The van der Waals surface area contributed by atoms with E-state index < -0.39 is 11.7 Å². The molecule has 2 aromatic heterocycles. The van der Waals surface area contributed by atoms with E-state index in [0.29, 0.717) is 23.1 Å². The summed E-state index contributed by atoms with van der Waals surface area (Å²) in [7, 11) is 0. The van der Waals surface area contributed by atoms with Gasteiger partial charge in [0.1, 0.15) is 10.8 Å². The van der Waals surface area contributed by atoms with Crippen molar-refractivity contribution in [1.29, 1.82) is 0 Å². The molecule has 45 heavy (non-hydrogen) atoms. The van der Waals surface area contributed by atoms with Gasteiger partial charge in [0, 0.05) is 43.8 Å². The van der Waals surface area contributed by atoms with Crippen molar-refractivity contribution in [2.45, 2.75) is 18.4 Å². The lowest BCUT2D eigenvalue weighted by atomic mass is 10.1. The van der Waals surface area contributed by atoms with E-state index in [2.05, 4.69) is 36.2 Å². The van der Waals surface area contributed by atoms with Crippen LogP contribution in [0.1, 0.15) is 28.9 Å². The Kier molecular flexibility index (Phi) is 11.3. The molecule has 6 rings (SSSR count). The van der Waals surface area contributed by atoms with Crippen molar-refractivity contribution in [3.8, 4) is 0 Å². The second kappa shape index (κ2) is 15.4. The van der Waals surface area contributed by atoms with Gasteiger partial charge in [-0.05, 0) is 53.1 Å². The summed E-state index contributed by atoms with van der Waals surface area (Å²) < 4.78 is 49.2. The van der Waals surface area contributed by atoms with E-state index >= 15 is 0 Å². The van der Waals surface area contributed by atoms with Gasteiger partial charge in [-0.2, -0.15) is 18.2 Å². The number of ether oxygens (including phenoxy) is 2. The topological polar surface area (TPSA) is 105 Å². The number of alkyl halides is 3. The van der Waals surface area contributed by atoms with E-state index in [1.807, 2.05) is 48.5 Å². The highest BCUT2D eigenvalue weighted by atomic mass is 35.5. The molecule has 0 saturated carbocycles. The molecule has 15 heteroatoms. The van der Waals surface area contributed by atoms with Crippen molar-refractivity contribution in [3.63, 3.8) is 0 Å². The van der Waals surface area contributed by atoms with Crippen molar-refractivity contribution < 1.29 is 22.6 Å². The van der Waals surface area contributed by atoms with Crippen molar-refractivity contribution >= 4 is 57.8 Å². The van der Waals surface area contributed by atoms with Crippen LogP contribution in [0.2, 0.25) is 15.3 Å². The standard InChI is InChI=1S/C16H15ClF3N3O.C14H14Cl2N4O/c17-13-7-11(16(18,19)20)8-22-15(13)23-12-3-1-10(2-4-12)14-9-21-5-6-24-14;15-11-7-18-14(16)20-13(11)19-10-3-1-9(2-4-10)12-8-17-5-6-21-12/h1-4,7-8,14,21H,5-6,9H2,(H,22,23);1-4,7,12,17H,5-6,8H2,(H,18,19,20)/t14-;12-/m01/s1. The molecule has 0 unspecified atom stereocenters. The van der Waals surface area contributed by atoms with Crippen LogP contribution in [-0.2, 0) is 15.7 Å². The minimum absolute atomic E-state index is 0.000539. The lowest BCUT2D eigenvalue weighted by Crippen LogP contribution is -2.33. The van der Waals surface area contributed by atoms with Gasteiger partial charge in [-0.1, -0.05) is 47.5 Å². The van der Waals surface area contributed by atoms with E-state index in [0.717, 1.165) is 61.9 Å². The lowest BCUT2D eigenvalue weighted by Gasteiger charge is -2.24. The second-order valence-electron chi connectivity index (χ2n) is 10.0. The van der Waals surface area contributed by atoms with Crippen LogP contribution < -0.4 is 21.3 Å². The number of benzene rings is 2. The molecule has 2 atom stereocenters. The fourth-order valence-corrected chi connectivity index (χ4v) is 5.00. The monoisotopic (exact) mass is 681 g/mol. The minimum Gasteiger partial charge on any atom is -0.371 e. The molecule has 2 fully saturated rings. The predicted octanol–water partition coefficient (Wildman–Crippen LogP) is 7.35. The summed E-state index contributed by atoms with van der Waals surface area (Å²) >= 11 is 17.7. The summed E-state index contributed by atoms with van der Waals surface area (Å²) in [5.74, 6) is 0.660. The highest BCUT2D eigenvalue weighted by Gasteiger charge is 2.31. The van der Waals surface area contributed by atoms with Gasteiger partial charge in [0.15, 0.2) is 5.82 Å². The van der Waals surface area contributed by atoms with E-state index in [1.165, 1.54) is 6.20 Å². The Balaban J connectivity index is 0.000000179. The molecule has 2 aliphatic rings. The fraction of sp³-hybridized carbons (Fsp3) is 0.300. The Labute approximate surface area is 272 Å². The molecule has 0 aliphatic carbocycles. The molecule has 4 heterocycles. The largest absolute Gasteiger partial charge is 0.417 e. The van der Waals surface area contributed by atoms with E-state index in [9.17, 15) is 13.2 Å². The van der Waals surface area contributed by atoms with Gasteiger partial charge in [0.2, 0.25) is 5.28 Å². The maximum Gasteiger partial charge on any atom is 0.417 e. The lowest BCUT2D eigenvalue weighted by molar-refractivity contribution is -0.137. The molecule has 0 spiro atoms. The Morgan fingerprint density at radius 1 is 0.711 bits per heavy atom. The number of nitrogens with zero attached hydrogens (tertiary/aromatic N) is 3. The summed E-state index contributed by atoms with van der Waals surface area (Å²) in [6.07, 6.45) is -2.14. The van der Waals surface area contributed by atoms with Gasteiger partial charge in [0.25, 0.3) is 0 Å². The Bertz CT molecular complexity index is 1550. The number of anilines is 4. The Morgan fingerprint density at radius 3 is 1.71 bits per heavy atom. The highest BCUT2D eigenvalue weighted by Crippen LogP contribution is 2.33. The zero-order valence-electron chi connectivity index (χ0n) is 23.7. The first-order chi connectivity index (χ1) is 21.7. The number of nitrogens with one attached hydrogen (secondary N) is 4. The molecule has 0 radical (unpaired) electrons. The number of hydrogen-bond donors (Lipinski definition) is 4. The zero-order valence-corrected chi connectivity index (χ0v) is 25.9. The molecular formula is C30H29Cl3F3N7O2. The van der Waals surface area contributed by atoms with Crippen LogP contribution in [0.5, 0.6) is 0 Å². The van der Waals surface area contributed by atoms with Crippen molar-refractivity contribution in [1.82, 2.24) is 25.6 Å². The summed E-state index contributed by atoms with van der Waals surface area (Å²) in [6.45, 7) is 4.73. The normalized spacial score (nSPS) is 18.4. The van der Waals surface area contributed by atoms with Crippen LogP contribution in [0.3, 0.4) is 0 Å². The zero-order chi connectivity index (χ0) is 31.8. The molecule has 2 saturated heterocycles. The third kappa shape index (κ3) is 9.39. The third-order valence-electron chi connectivity index (χ3n) is 6.83. The minimum atomic E-state index is -4.47. The van der Waals surface area contributed by atoms with Gasteiger partial charge in [0.05, 0.1) is 42.2 Å². The smallest absolute Gasteiger partial charge is 0.371 e. The maximum absolute atomic E-state index is 12.6. The molecule has 0 amide bonds. The first-order valence-corrected chi connectivity index (χ1v) is 15.1. The average Bonchev–Trinajstić information content (AvgIpc) is 3.05. The molecule has 9 nitrogen and oxygen atoms in total. The highest BCUT2D eigenvalue weighted by molar-refractivity contribution is 6.33. The van der Waals surface area contributed by atoms with Crippen molar-refractivity contribution in [2.24, 2.45) is 0 Å². The van der Waals surface area contributed by atoms with Crippen LogP contribution >= 0.6 is 34.8 Å². The van der Waals surface area contributed by atoms with Crippen LogP contribution in [0.25, 0.3) is 0 Å². The summed E-state index contributed by atoms with van der Waals surface area (Å²) in [5, 5.41) is 13.1. The molecule has 4 N–H and O–H groups in total. The summed E-state index contributed by atoms with van der Waals surface area (Å²) in [4.78, 5) is 11.6. The average molecular weight is 683 g/mol. The number of pyridine rings is 1. The van der Waals surface area contributed by atoms with Crippen LogP contribution in [0.15, 0.2) is 67.0 Å². The first-order valence-electron chi connectivity index (χ1n) is 13.9. The third-order valence-corrected chi connectivity index (χ3v) is 7.58. The predicted molar refractivity (Wildman–Crippen MR) is 169 cm³/mol.